The number of benzene rings is 3. The van der Waals surface area contributed by atoms with Crippen molar-refractivity contribution in [3.63, 3.8) is 0 Å². The van der Waals surface area contributed by atoms with E-state index in [0.717, 1.165) is 21.0 Å². The lowest BCUT2D eigenvalue weighted by atomic mass is 10.1. The fourth-order valence-corrected chi connectivity index (χ4v) is 5.70. The van der Waals surface area contributed by atoms with Crippen LogP contribution in [0.25, 0.3) is 0 Å². The lowest BCUT2D eigenvalue weighted by molar-refractivity contribution is -0.139. The third-order valence-electron chi connectivity index (χ3n) is 5.94. The van der Waals surface area contributed by atoms with E-state index in [1.54, 1.807) is 50.2 Å². The normalized spacial score (nSPS) is 12.0. The molecule has 0 heterocycles. The molecule has 7 nitrogen and oxygen atoms in total. The number of nitrogens with one attached hydrogen (secondary N) is 1. The summed E-state index contributed by atoms with van der Waals surface area (Å²) in [6.45, 7) is 7.39. The summed E-state index contributed by atoms with van der Waals surface area (Å²) in [5, 5.41) is 2.76. The largest absolute Gasteiger partial charge is 0.355 e. The van der Waals surface area contributed by atoms with Crippen molar-refractivity contribution >= 4 is 43.5 Å². The Bertz CT molecular complexity index is 1360. The number of aryl methyl sites for hydroxylation is 2. The summed E-state index contributed by atoms with van der Waals surface area (Å²) in [5.41, 5.74) is 3.13. The molecule has 2 amide bonds. The van der Waals surface area contributed by atoms with Crippen molar-refractivity contribution in [3.05, 3.63) is 94.0 Å². The molecule has 3 aromatic carbocycles. The molecule has 0 fully saturated rings. The van der Waals surface area contributed by atoms with Gasteiger partial charge >= 0.3 is 0 Å². The Morgan fingerprint density at radius 1 is 0.946 bits per heavy atom. The minimum absolute atomic E-state index is 0.0767. The monoisotopic (exact) mass is 585 g/mol. The molecule has 0 aliphatic rings. The van der Waals surface area contributed by atoms with Crippen LogP contribution in [0.15, 0.2) is 82.2 Å². The number of sulfonamides is 1. The van der Waals surface area contributed by atoms with Crippen LogP contribution >= 0.6 is 15.9 Å². The summed E-state index contributed by atoms with van der Waals surface area (Å²) < 4.78 is 29.3. The molecule has 196 valence electrons. The molecule has 1 atom stereocenters. The third kappa shape index (κ3) is 7.20. The highest BCUT2D eigenvalue weighted by atomic mass is 79.9. The van der Waals surface area contributed by atoms with Crippen molar-refractivity contribution in [2.75, 3.05) is 17.4 Å². The molecule has 9 heteroatoms. The summed E-state index contributed by atoms with van der Waals surface area (Å²) in [6, 6.07) is 20.1. The quantitative estimate of drug-likeness (QED) is 0.370. The maximum absolute atomic E-state index is 13.8. The third-order valence-corrected chi connectivity index (χ3v) is 8.22. The van der Waals surface area contributed by atoms with Crippen LogP contribution in [0.4, 0.5) is 5.69 Å². The van der Waals surface area contributed by atoms with Gasteiger partial charge in [0.15, 0.2) is 0 Å². The Balaban J connectivity index is 2.03. The van der Waals surface area contributed by atoms with Crippen molar-refractivity contribution in [1.82, 2.24) is 10.2 Å². The molecule has 0 aliphatic heterocycles. The zero-order chi connectivity index (χ0) is 27.2. The van der Waals surface area contributed by atoms with Gasteiger partial charge in [-0.3, -0.25) is 13.9 Å². The number of carbonyl (C=O) groups excluding carboxylic acids is 2. The van der Waals surface area contributed by atoms with Crippen molar-refractivity contribution in [3.8, 4) is 0 Å². The molecule has 1 N–H and O–H groups in total. The van der Waals surface area contributed by atoms with Crippen LogP contribution in [0, 0.1) is 13.8 Å². The number of rotatable bonds is 10. The molecule has 0 saturated heterocycles. The van der Waals surface area contributed by atoms with Crippen LogP contribution in [0.5, 0.6) is 0 Å². The molecule has 0 aliphatic carbocycles. The zero-order valence-corrected chi connectivity index (χ0v) is 23.8. The first-order chi connectivity index (χ1) is 17.5. The van der Waals surface area contributed by atoms with Crippen molar-refractivity contribution < 1.29 is 18.0 Å². The highest BCUT2D eigenvalue weighted by molar-refractivity contribution is 9.10. The predicted molar refractivity (Wildman–Crippen MR) is 150 cm³/mol. The summed E-state index contributed by atoms with van der Waals surface area (Å²) >= 11 is 3.40. The Morgan fingerprint density at radius 2 is 1.62 bits per heavy atom. The molecule has 0 radical (unpaired) electrons. The molecule has 0 saturated carbocycles. The van der Waals surface area contributed by atoms with Crippen LogP contribution in [0.2, 0.25) is 0 Å². The first-order valence-electron chi connectivity index (χ1n) is 12.0. The van der Waals surface area contributed by atoms with Gasteiger partial charge in [-0.2, -0.15) is 0 Å². The van der Waals surface area contributed by atoms with Gasteiger partial charge in [0.05, 0.1) is 10.6 Å². The smallest absolute Gasteiger partial charge is 0.264 e. The van der Waals surface area contributed by atoms with E-state index in [1.807, 2.05) is 38.1 Å². The maximum Gasteiger partial charge on any atom is 0.264 e. The summed E-state index contributed by atoms with van der Waals surface area (Å²) in [4.78, 5) is 28.1. The second-order valence-electron chi connectivity index (χ2n) is 8.89. The topological polar surface area (TPSA) is 86.8 Å². The summed E-state index contributed by atoms with van der Waals surface area (Å²) in [7, 11) is -4.09. The van der Waals surface area contributed by atoms with E-state index in [2.05, 4.69) is 21.2 Å². The van der Waals surface area contributed by atoms with Crippen LogP contribution in [0.3, 0.4) is 0 Å². The summed E-state index contributed by atoms with van der Waals surface area (Å²) in [6.07, 6.45) is 0. The molecule has 3 aromatic rings. The second-order valence-corrected chi connectivity index (χ2v) is 11.7. The van der Waals surface area contributed by atoms with Crippen molar-refractivity contribution in [1.29, 1.82) is 0 Å². The average molecular weight is 587 g/mol. The predicted octanol–water partition coefficient (Wildman–Crippen LogP) is 4.81. The standard InChI is InChI=1S/C28H32BrN3O4S/c1-5-30-28(34)22(4)31(18-23-9-6-8-21(3)16-23)27(33)19-32(25-11-7-10-24(29)17-25)37(35,36)26-14-12-20(2)13-15-26/h6-17,22H,5,18-19H2,1-4H3,(H,30,34). The van der Waals surface area contributed by atoms with Gasteiger partial charge in [-0.1, -0.05) is 69.5 Å². The van der Waals surface area contributed by atoms with Crippen molar-refractivity contribution in [2.24, 2.45) is 0 Å². The number of carbonyl (C=O) groups is 2. The number of hydrogen-bond donors (Lipinski definition) is 1. The number of hydrogen-bond acceptors (Lipinski definition) is 4. The number of nitrogens with zero attached hydrogens (tertiary/aromatic N) is 2. The Labute approximate surface area is 227 Å². The molecule has 37 heavy (non-hydrogen) atoms. The highest BCUT2D eigenvalue weighted by Crippen LogP contribution is 2.27. The van der Waals surface area contributed by atoms with Crippen LogP contribution in [0.1, 0.15) is 30.5 Å². The van der Waals surface area contributed by atoms with E-state index in [1.165, 1.54) is 17.0 Å². The van der Waals surface area contributed by atoms with Gasteiger partial charge in [-0.05, 0) is 63.6 Å². The minimum atomic E-state index is -4.09. The molecular formula is C28H32BrN3O4S. The fraction of sp³-hybridized carbons (Fsp3) is 0.286. The van der Waals surface area contributed by atoms with Gasteiger partial charge < -0.3 is 10.2 Å². The van der Waals surface area contributed by atoms with E-state index < -0.39 is 28.5 Å². The lowest BCUT2D eigenvalue weighted by Crippen LogP contribution is -2.51. The van der Waals surface area contributed by atoms with Crippen LogP contribution in [-0.4, -0.2) is 44.3 Å². The average Bonchev–Trinajstić information content (AvgIpc) is 2.85. The number of amides is 2. The Kier molecular flexibility index (Phi) is 9.50. The minimum Gasteiger partial charge on any atom is -0.355 e. The Hall–Kier alpha value is -3.17. The Morgan fingerprint density at radius 3 is 2.24 bits per heavy atom. The van der Waals surface area contributed by atoms with Crippen LogP contribution < -0.4 is 9.62 Å². The second kappa shape index (κ2) is 12.4. The van der Waals surface area contributed by atoms with Gasteiger partial charge in [-0.15, -0.1) is 0 Å². The van der Waals surface area contributed by atoms with E-state index >= 15 is 0 Å². The van der Waals surface area contributed by atoms with E-state index in [9.17, 15) is 18.0 Å². The molecular weight excluding hydrogens is 554 g/mol. The highest BCUT2D eigenvalue weighted by Gasteiger charge is 2.32. The van der Waals surface area contributed by atoms with E-state index in [0.29, 0.717) is 16.7 Å². The lowest BCUT2D eigenvalue weighted by Gasteiger charge is -2.32. The first-order valence-corrected chi connectivity index (χ1v) is 14.2. The fourth-order valence-electron chi connectivity index (χ4n) is 3.91. The number of halogens is 1. The van der Waals surface area contributed by atoms with Crippen molar-refractivity contribution in [2.45, 2.75) is 45.2 Å². The van der Waals surface area contributed by atoms with Gasteiger partial charge in [-0.25, -0.2) is 8.42 Å². The first kappa shape index (κ1) is 28.4. The van der Waals surface area contributed by atoms with Gasteiger partial charge in [0.1, 0.15) is 12.6 Å². The van der Waals surface area contributed by atoms with Gasteiger partial charge in [0.25, 0.3) is 10.0 Å². The summed E-state index contributed by atoms with van der Waals surface area (Å²) in [5.74, 6) is -0.796. The maximum atomic E-state index is 13.8. The molecule has 0 spiro atoms. The number of likely N-dealkylation sites (N-methyl/N-ethyl adjacent to an activating group) is 1. The molecule has 1 unspecified atom stereocenters. The molecule has 3 rings (SSSR count). The molecule has 0 bridgehead atoms. The van der Waals surface area contributed by atoms with E-state index in [4.69, 9.17) is 0 Å². The van der Waals surface area contributed by atoms with Crippen LogP contribution in [-0.2, 0) is 26.2 Å². The van der Waals surface area contributed by atoms with Gasteiger partial charge in [0.2, 0.25) is 11.8 Å². The van der Waals surface area contributed by atoms with Gasteiger partial charge in [0, 0.05) is 17.6 Å². The molecule has 0 aromatic heterocycles. The SMILES string of the molecule is CCNC(=O)C(C)N(Cc1cccc(C)c1)C(=O)CN(c1cccc(Br)c1)S(=O)(=O)c1ccc(C)cc1. The number of anilines is 1. The van der Waals surface area contributed by atoms with E-state index in [-0.39, 0.29) is 17.3 Å². The zero-order valence-electron chi connectivity index (χ0n) is 21.4.